The van der Waals surface area contributed by atoms with Crippen molar-refractivity contribution in [3.63, 3.8) is 0 Å². The molecule has 0 aliphatic rings. The molecule has 0 atom stereocenters. The first kappa shape index (κ1) is 16.4. The van der Waals surface area contributed by atoms with Gasteiger partial charge in [0.1, 0.15) is 5.82 Å². The Balaban J connectivity index is 2.10. The molecule has 0 radical (unpaired) electrons. The van der Waals surface area contributed by atoms with Crippen molar-refractivity contribution in [3.8, 4) is 0 Å². The van der Waals surface area contributed by atoms with Crippen molar-refractivity contribution >= 4 is 11.7 Å². The number of nitrogen functional groups attached to an aromatic ring is 1. The van der Waals surface area contributed by atoms with Gasteiger partial charge in [-0.25, -0.2) is 10.8 Å². The molecule has 0 unspecified atom stereocenters. The van der Waals surface area contributed by atoms with Gasteiger partial charge in [-0.05, 0) is 25.0 Å². The van der Waals surface area contributed by atoms with E-state index < -0.39 is 0 Å². The van der Waals surface area contributed by atoms with Crippen LogP contribution in [0, 0.1) is 0 Å². The standard InChI is InChI=1S/C13H22N4O3/c1-19-8-9-20-7-3-2-6-15-13(18)11-4-5-12(17-14)16-10-11/h4-5,10H,2-3,6-9,14H2,1H3,(H,15,18)(H,16,17). The molecule has 0 bridgehead atoms. The first-order valence-electron chi connectivity index (χ1n) is 6.55. The molecule has 0 aliphatic heterocycles. The summed E-state index contributed by atoms with van der Waals surface area (Å²) in [6.45, 7) is 2.51. The van der Waals surface area contributed by atoms with Crippen LogP contribution in [0.2, 0.25) is 0 Å². The van der Waals surface area contributed by atoms with Crippen molar-refractivity contribution in [1.82, 2.24) is 10.3 Å². The lowest BCUT2D eigenvalue weighted by atomic mass is 10.2. The maximum absolute atomic E-state index is 11.8. The number of nitrogens with one attached hydrogen (secondary N) is 2. The van der Waals surface area contributed by atoms with Crippen molar-refractivity contribution in [2.75, 3.05) is 38.9 Å². The van der Waals surface area contributed by atoms with Gasteiger partial charge < -0.3 is 20.2 Å². The number of methoxy groups -OCH3 is 1. The van der Waals surface area contributed by atoms with Crippen molar-refractivity contribution in [1.29, 1.82) is 0 Å². The SMILES string of the molecule is COCCOCCCCNC(=O)c1ccc(NN)nc1. The largest absolute Gasteiger partial charge is 0.382 e. The molecule has 112 valence electrons. The van der Waals surface area contributed by atoms with Crippen molar-refractivity contribution in [2.24, 2.45) is 5.84 Å². The molecule has 0 saturated carbocycles. The van der Waals surface area contributed by atoms with Crippen LogP contribution in [0.4, 0.5) is 5.82 Å². The number of anilines is 1. The van der Waals surface area contributed by atoms with Gasteiger partial charge in [0.05, 0.1) is 18.8 Å². The molecule has 0 saturated heterocycles. The van der Waals surface area contributed by atoms with Crippen LogP contribution >= 0.6 is 0 Å². The summed E-state index contributed by atoms with van der Waals surface area (Å²) < 4.78 is 10.2. The van der Waals surface area contributed by atoms with Crippen molar-refractivity contribution in [3.05, 3.63) is 23.9 Å². The van der Waals surface area contributed by atoms with Gasteiger partial charge in [0, 0.05) is 26.5 Å². The number of rotatable bonds is 10. The monoisotopic (exact) mass is 282 g/mol. The van der Waals surface area contributed by atoms with Gasteiger partial charge >= 0.3 is 0 Å². The minimum absolute atomic E-state index is 0.138. The minimum atomic E-state index is -0.138. The Morgan fingerprint density at radius 2 is 2.15 bits per heavy atom. The van der Waals surface area contributed by atoms with E-state index in [0.717, 1.165) is 12.8 Å². The van der Waals surface area contributed by atoms with Crippen LogP contribution in [0.3, 0.4) is 0 Å². The third kappa shape index (κ3) is 6.46. The molecule has 1 heterocycles. The molecular formula is C13H22N4O3. The first-order chi connectivity index (χ1) is 9.77. The van der Waals surface area contributed by atoms with E-state index in [-0.39, 0.29) is 5.91 Å². The van der Waals surface area contributed by atoms with Crippen molar-refractivity contribution < 1.29 is 14.3 Å². The highest BCUT2D eigenvalue weighted by Crippen LogP contribution is 2.03. The third-order valence-electron chi connectivity index (χ3n) is 2.61. The maximum atomic E-state index is 11.8. The Bertz CT molecular complexity index is 384. The Labute approximate surface area is 118 Å². The van der Waals surface area contributed by atoms with E-state index in [1.165, 1.54) is 6.20 Å². The number of ether oxygens (including phenoxy) is 2. The van der Waals surface area contributed by atoms with Crippen LogP contribution in [-0.4, -0.2) is 44.4 Å². The normalized spacial score (nSPS) is 10.3. The number of carbonyl (C=O) groups excluding carboxylic acids is 1. The maximum Gasteiger partial charge on any atom is 0.252 e. The highest BCUT2D eigenvalue weighted by Gasteiger charge is 2.04. The Hall–Kier alpha value is -1.70. The second-order valence-electron chi connectivity index (χ2n) is 4.14. The lowest BCUT2D eigenvalue weighted by Crippen LogP contribution is -2.25. The molecule has 1 rings (SSSR count). The van der Waals surface area contributed by atoms with Gasteiger partial charge in [0.25, 0.3) is 5.91 Å². The summed E-state index contributed by atoms with van der Waals surface area (Å²) in [4.78, 5) is 15.7. The number of nitrogens with zero attached hydrogens (tertiary/aromatic N) is 1. The zero-order valence-electron chi connectivity index (χ0n) is 11.7. The van der Waals surface area contributed by atoms with E-state index in [0.29, 0.717) is 37.7 Å². The Morgan fingerprint density at radius 3 is 2.80 bits per heavy atom. The number of nitrogens with two attached hydrogens (primary N) is 1. The predicted molar refractivity (Wildman–Crippen MR) is 76.3 cm³/mol. The summed E-state index contributed by atoms with van der Waals surface area (Å²) in [5.41, 5.74) is 2.92. The molecule has 7 heteroatoms. The second kappa shape index (κ2) is 10.1. The van der Waals surface area contributed by atoms with Gasteiger partial charge in [0.15, 0.2) is 0 Å². The quantitative estimate of drug-likeness (QED) is 0.329. The number of hydrazine groups is 1. The zero-order chi connectivity index (χ0) is 14.6. The summed E-state index contributed by atoms with van der Waals surface area (Å²) in [6.07, 6.45) is 3.26. The van der Waals surface area contributed by atoms with E-state index >= 15 is 0 Å². The molecule has 1 aromatic rings. The molecule has 0 aliphatic carbocycles. The van der Waals surface area contributed by atoms with E-state index in [9.17, 15) is 4.79 Å². The zero-order valence-corrected chi connectivity index (χ0v) is 11.7. The van der Waals surface area contributed by atoms with Gasteiger partial charge in [-0.15, -0.1) is 0 Å². The highest BCUT2D eigenvalue weighted by atomic mass is 16.5. The highest BCUT2D eigenvalue weighted by molar-refractivity contribution is 5.93. The smallest absolute Gasteiger partial charge is 0.252 e. The van der Waals surface area contributed by atoms with Crippen molar-refractivity contribution in [2.45, 2.75) is 12.8 Å². The van der Waals surface area contributed by atoms with E-state index in [1.54, 1.807) is 19.2 Å². The second-order valence-corrected chi connectivity index (χ2v) is 4.14. The first-order valence-corrected chi connectivity index (χ1v) is 6.55. The third-order valence-corrected chi connectivity index (χ3v) is 2.61. The summed E-state index contributed by atoms with van der Waals surface area (Å²) >= 11 is 0. The molecule has 4 N–H and O–H groups in total. The Morgan fingerprint density at radius 1 is 1.30 bits per heavy atom. The fourth-order valence-electron chi connectivity index (χ4n) is 1.49. The average molecular weight is 282 g/mol. The molecule has 0 fully saturated rings. The van der Waals surface area contributed by atoms with Crippen LogP contribution in [-0.2, 0) is 9.47 Å². The lowest BCUT2D eigenvalue weighted by molar-refractivity contribution is 0.0686. The summed E-state index contributed by atoms with van der Waals surface area (Å²) in [6, 6.07) is 3.32. The van der Waals surface area contributed by atoms with Gasteiger partial charge in [0.2, 0.25) is 0 Å². The van der Waals surface area contributed by atoms with Crippen LogP contribution in [0.5, 0.6) is 0 Å². The number of aromatic nitrogens is 1. The molecule has 1 aromatic heterocycles. The lowest BCUT2D eigenvalue weighted by Gasteiger charge is -2.06. The topological polar surface area (TPSA) is 98.5 Å². The van der Waals surface area contributed by atoms with Crippen LogP contribution in [0.25, 0.3) is 0 Å². The number of unbranched alkanes of at least 4 members (excludes halogenated alkanes) is 1. The number of pyridine rings is 1. The number of carbonyl (C=O) groups is 1. The fraction of sp³-hybridized carbons (Fsp3) is 0.538. The van der Waals surface area contributed by atoms with Gasteiger partial charge in [-0.2, -0.15) is 0 Å². The summed E-state index contributed by atoms with van der Waals surface area (Å²) in [5.74, 6) is 5.59. The molecule has 1 amide bonds. The van der Waals surface area contributed by atoms with Gasteiger partial charge in [-0.3, -0.25) is 4.79 Å². The number of amides is 1. The van der Waals surface area contributed by atoms with Crippen LogP contribution < -0.4 is 16.6 Å². The summed E-state index contributed by atoms with van der Waals surface area (Å²) in [7, 11) is 1.64. The molecule has 20 heavy (non-hydrogen) atoms. The van der Waals surface area contributed by atoms with E-state index in [1.807, 2.05) is 0 Å². The Kier molecular flexibility index (Phi) is 8.28. The van der Waals surface area contributed by atoms with Crippen LogP contribution in [0.1, 0.15) is 23.2 Å². The predicted octanol–water partition coefficient (Wildman–Crippen LogP) is 0.540. The molecule has 0 spiro atoms. The fourth-order valence-corrected chi connectivity index (χ4v) is 1.49. The molecule has 7 nitrogen and oxygen atoms in total. The number of hydrogen-bond acceptors (Lipinski definition) is 6. The molecular weight excluding hydrogens is 260 g/mol. The summed E-state index contributed by atoms with van der Waals surface area (Å²) in [5, 5.41) is 2.83. The number of hydrogen-bond donors (Lipinski definition) is 3. The minimum Gasteiger partial charge on any atom is -0.382 e. The molecule has 0 aromatic carbocycles. The van der Waals surface area contributed by atoms with E-state index in [2.05, 4.69) is 15.7 Å². The average Bonchev–Trinajstić information content (AvgIpc) is 2.50. The van der Waals surface area contributed by atoms with E-state index in [4.69, 9.17) is 15.3 Å². The van der Waals surface area contributed by atoms with Crippen LogP contribution in [0.15, 0.2) is 18.3 Å². The van der Waals surface area contributed by atoms with Gasteiger partial charge in [-0.1, -0.05) is 0 Å².